The molecule has 0 N–H and O–H groups in total. The summed E-state index contributed by atoms with van der Waals surface area (Å²) in [6.07, 6.45) is 0.399. The molecule has 2 aromatic carbocycles. The van der Waals surface area contributed by atoms with E-state index in [0.29, 0.717) is 37.6 Å². The molecule has 2 heterocycles. The third kappa shape index (κ3) is 4.39. The van der Waals surface area contributed by atoms with Crippen LogP contribution >= 0.6 is 0 Å². The quantitative estimate of drug-likeness (QED) is 0.419. The minimum absolute atomic E-state index is 0.128. The van der Waals surface area contributed by atoms with Gasteiger partial charge in [0.1, 0.15) is 23.9 Å². The van der Waals surface area contributed by atoms with Gasteiger partial charge in [0.2, 0.25) is 0 Å². The molecule has 0 atom stereocenters. The van der Waals surface area contributed by atoms with Crippen LogP contribution in [0, 0.1) is 19.7 Å². The van der Waals surface area contributed by atoms with E-state index < -0.39 is 5.63 Å². The molecule has 0 amide bonds. The van der Waals surface area contributed by atoms with Crippen molar-refractivity contribution in [2.24, 2.45) is 0 Å². The second-order valence-electron chi connectivity index (χ2n) is 8.05. The fraction of sp³-hybridized carbons (Fsp3) is 0.360. The van der Waals surface area contributed by atoms with E-state index in [1.807, 2.05) is 19.9 Å². The summed E-state index contributed by atoms with van der Waals surface area (Å²) in [6, 6.07) is 8.45. The van der Waals surface area contributed by atoms with Crippen LogP contribution < -0.4 is 10.4 Å². The molecule has 4 rings (SSSR count). The zero-order valence-electron chi connectivity index (χ0n) is 18.5. The molecule has 6 nitrogen and oxygen atoms in total. The third-order valence-electron chi connectivity index (χ3n) is 5.82. The molecule has 0 fully saturated rings. The van der Waals surface area contributed by atoms with Gasteiger partial charge >= 0.3 is 11.6 Å². The maximum Gasteiger partial charge on any atom is 0.339 e. The zero-order valence-corrected chi connectivity index (χ0v) is 18.5. The molecule has 3 aromatic rings. The predicted octanol–water partition coefficient (Wildman–Crippen LogP) is 4.40. The Balaban J connectivity index is 1.64. The van der Waals surface area contributed by atoms with Crippen LogP contribution in [0.15, 0.2) is 39.5 Å². The largest absolute Gasteiger partial charge is 0.477 e. The van der Waals surface area contributed by atoms with Gasteiger partial charge in [-0.05, 0) is 56.5 Å². The number of hydrogen-bond donors (Lipinski definition) is 0. The van der Waals surface area contributed by atoms with Gasteiger partial charge in [-0.15, -0.1) is 0 Å². The van der Waals surface area contributed by atoms with Crippen molar-refractivity contribution in [3.8, 4) is 5.75 Å². The summed E-state index contributed by atoms with van der Waals surface area (Å²) in [5, 5.41) is 0.840. The lowest BCUT2D eigenvalue weighted by Crippen LogP contribution is -2.32. The molecule has 1 aliphatic rings. The van der Waals surface area contributed by atoms with Crippen LogP contribution in [0.4, 0.5) is 4.39 Å². The maximum atomic E-state index is 13.2. The van der Waals surface area contributed by atoms with E-state index >= 15 is 0 Å². The number of fused-ring (bicyclic) bond motifs is 2. The molecule has 0 radical (unpaired) electrons. The molecule has 0 bridgehead atoms. The van der Waals surface area contributed by atoms with E-state index in [1.54, 1.807) is 19.1 Å². The summed E-state index contributed by atoms with van der Waals surface area (Å²) < 4.78 is 29.8. The van der Waals surface area contributed by atoms with Gasteiger partial charge < -0.3 is 13.9 Å². The molecule has 1 aliphatic heterocycles. The Morgan fingerprint density at radius 3 is 2.66 bits per heavy atom. The first-order chi connectivity index (χ1) is 15.4. The Bertz CT molecular complexity index is 1220. The van der Waals surface area contributed by atoms with Crippen LogP contribution in [0.1, 0.15) is 41.2 Å². The molecule has 0 unspecified atom stereocenters. The van der Waals surface area contributed by atoms with Gasteiger partial charge in [-0.25, -0.2) is 9.18 Å². The molecule has 32 heavy (non-hydrogen) atoms. The number of esters is 1. The van der Waals surface area contributed by atoms with Gasteiger partial charge in [0.05, 0.1) is 6.61 Å². The van der Waals surface area contributed by atoms with Crippen LogP contribution in [0.5, 0.6) is 5.75 Å². The van der Waals surface area contributed by atoms with Crippen LogP contribution in [-0.2, 0) is 29.0 Å². The lowest BCUT2D eigenvalue weighted by Gasteiger charge is -2.30. The second-order valence-corrected chi connectivity index (χ2v) is 8.05. The lowest BCUT2D eigenvalue weighted by molar-refractivity contribution is -0.143. The first kappa shape index (κ1) is 22.0. The van der Waals surface area contributed by atoms with Crippen molar-refractivity contribution in [1.29, 1.82) is 0 Å². The van der Waals surface area contributed by atoms with Crippen molar-refractivity contribution in [1.82, 2.24) is 4.90 Å². The number of aryl methyl sites for hydroxylation is 2. The smallest absolute Gasteiger partial charge is 0.339 e. The van der Waals surface area contributed by atoms with E-state index in [-0.39, 0.29) is 24.6 Å². The van der Waals surface area contributed by atoms with Gasteiger partial charge in [0.15, 0.2) is 0 Å². The lowest BCUT2D eigenvalue weighted by atomic mass is 9.97. The van der Waals surface area contributed by atoms with E-state index in [0.717, 1.165) is 33.4 Å². The molecule has 0 saturated heterocycles. The number of hydrogen-bond acceptors (Lipinski definition) is 6. The van der Waals surface area contributed by atoms with Gasteiger partial charge in [-0.3, -0.25) is 9.69 Å². The summed E-state index contributed by atoms with van der Waals surface area (Å²) in [7, 11) is 0. The molecule has 7 heteroatoms. The summed E-state index contributed by atoms with van der Waals surface area (Å²) in [5.41, 5.74) is 4.16. The fourth-order valence-electron chi connectivity index (χ4n) is 4.19. The zero-order chi connectivity index (χ0) is 22.8. The molecule has 0 saturated carbocycles. The first-order valence-electron chi connectivity index (χ1n) is 10.7. The van der Waals surface area contributed by atoms with E-state index in [9.17, 15) is 14.0 Å². The topological polar surface area (TPSA) is 69.0 Å². The summed E-state index contributed by atoms with van der Waals surface area (Å²) in [6.45, 7) is 7.50. The van der Waals surface area contributed by atoms with Crippen molar-refractivity contribution in [2.75, 3.05) is 13.3 Å². The van der Waals surface area contributed by atoms with Crippen LogP contribution in [0.3, 0.4) is 0 Å². The Morgan fingerprint density at radius 1 is 1.19 bits per heavy atom. The van der Waals surface area contributed by atoms with Crippen molar-refractivity contribution >= 4 is 16.9 Å². The predicted molar refractivity (Wildman–Crippen MR) is 118 cm³/mol. The van der Waals surface area contributed by atoms with E-state index in [1.165, 1.54) is 12.1 Å². The average molecular weight is 439 g/mol. The number of rotatable bonds is 6. The Morgan fingerprint density at radius 2 is 1.94 bits per heavy atom. The van der Waals surface area contributed by atoms with Crippen LogP contribution in [-0.4, -0.2) is 24.2 Å². The summed E-state index contributed by atoms with van der Waals surface area (Å²) in [5.74, 6) is 0.138. The fourth-order valence-corrected chi connectivity index (χ4v) is 4.19. The molecular weight excluding hydrogens is 413 g/mol. The monoisotopic (exact) mass is 439 g/mol. The number of ether oxygens (including phenoxy) is 2. The molecule has 0 aliphatic carbocycles. The first-order valence-corrected chi connectivity index (χ1v) is 10.7. The normalized spacial score (nSPS) is 13.6. The van der Waals surface area contributed by atoms with E-state index in [4.69, 9.17) is 13.9 Å². The van der Waals surface area contributed by atoms with Crippen LogP contribution in [0.2, 0.25) is 0 Å². The highest BCUT2D eigenvalue weighted by atomic mass is 19.1. The van der Waals surface area contributed by atoms with Gasteiger partial charge in [0, 0.05) is 41.6 Å². The standard InChI is InChI=1S/C25H26FNO5/c1-4-30-22(28)10-9-20-15(2)21-11-18-13-27(12-17-5-7-19(26)8-6-17)14-31-23(18)16(3)24(21)32-25(20)29/h5-8,11H,4,9-10,12-14H2,1-3H3. The van der Waals surface area contributed by atoms with Gasteiger partial charge in [-0.2, -0.15) is 0 Å². The minimum atomic E-state index is -0.434. The Kier molecular flexibility index (Phi) is 6.28. The third-order valence-corrected chi connectivity index (χ3v) is 5.82. The number of nitrogens with zero attached hydrogens (tertiary/aromatic N) is 1. The van der Waals surface area contributed by atoms with Gasteiger partial charge in [0.25, 0.3) is 0 Å². The number of carbonyl (C=O) groups excluding carboxylic acids is 1. The minimum Gasteiger partial charge on any atom is -0.477 e. The molecule has 1 aromatic heterocycles. The van der Waals surface area contributed by atoms with Crippen molar-refractivity contribution < 1.29 is 23.1 Å². The Hall–Kier alpha value is -3.19. The number of carbonyl (C=O) groups is 1. The molecular formula is C25H26FNO5. The average Bonchev–Trinajstić information content (AvgIpc) is 2.76. The highest BCUT2D eigenvalue weighted by molar-refractivity contribution is 5.87. The van der Waals surface area contributed by atoms with Gasteiger partial charge in [-0.1, -0.05) is 12.1 Å². The maximum absolute atomic E-state index is 13.2. The second kappa shape index (κ2) is 9.12. The SMILES string of the molecule is CCOC(=O)CCc1c(C)c2cc3c(c(C)c2oc1=O)OCN(Cc1ccc(F)cc1)C3. The highest BCUT2D eigenvalue weighted by Gasteiger charge is 2.24. The van der Waals surface area contributed by atoms with Crippen LogP contribution in [0.25, 0.3) is 11.0 Å². The Labute approximate surface area is 185 Å². The number of benzene rings is 2. The van der Waals surface area contributed by atoms with Crippen molar-refractivity contribution in [3.05, 3.63) is 74.4 Å². The van der Waals surface area contributed by atoms with Crippen molar-refractivity contribution in [2.45, 2.75) is 46.7 Å². The van der Waals surface area contributed by atoms with Crippen molar-refractivity contribution in [3.63, 3.8) is 0 Å². The summed E-state index contributed by atoms with van der Waals surface area (Å²) >= 11 is 0. The highest BCUT2D eigenvalue weighted by Crippen LogP contribution is 2.36. The van der Waals surface area contributed by atoms with E-state index in [2.05, 4.69) is 4.90 Å². The molecule has 0 spiro atoms. The number of halogens is 1. The molecule has 168 valence electrons. The summed E-state index contributed by atoms with van der Waals surface area (Å²) in [4.78, 5) is 26.5.